The van der Waals surface area contributed by atoms with E-state index in [-0.39, 0.29) is 11.5 Å². The molecule has 1 saturated carbocycles. The maximum Gasteiger partial charge on any atom is 0.329 e. The molecule has 3 heterocycles. The van der Waals surface area contributed by atoms with Gasteiger partial charge in [0, 0.05) is 41.1 Å². The van der Waals surface area contributed by atoms with E-state index in [2.05, 4.69) is 41.2 Å². The molecule has 0 radical (unpaired) electrons. The molecule has 4 atom stereocenters. The number of carboxylic acid groups (broad SMARTS) is 1. The molecule has 2 unspecified atom stereocenters. The lowest BCUT2D eigenvalue weighted by molar-refractivity contribution is -0.144. The number of nitrogens with zero attached hydrogens (tertiary/aromatic N) is 2. The molecule has 2 aromatic carbocycles. The predicted molar refractivity (Wildman–Crippen MR) is 200 cm³/mol. The van der Waals surface area contributed by atoms with Crippen LogP contribution in [0.3, 0.4) is 0 Å². The Bertz CT molecular complexity index is 1750. The summed E-state index contributed by atoms with van der Waals surface area (Å²) in [7, 11) is 0. The van der Waals surface area contributed by atoms with Crippen molar-refractivity contribution in [1.29, 1.82) is 0 Å². The van der Waals surface area contributed by atoms with Crippen molar-refractivity contribution in [2.24, 2.45) is 11.8 Å². The van der Waals surface area contributed by atoms with E-state index in [0.29, 0.717) is 48.8 Å². The Morgan fingerprint density at radius 1 is 1.12 bits per heavy atom. The Labute approximate surface area is 307 Å². The third kappa shape index (κ3) is 6.79. The van der Waals surface area contributed by atoms with Crippen molar-refractivity contribution in [1.82, 2.24) is 9.88 Å². The van der Waals surface area contributed by atoms with Crippen molar-refractivity contribution in [3.63, 3.8) is 0 Å². The lowest BCUT2D eigenvalue weighted by Crippen LogP contribution is -2.53. The largest absolute Gasteiger partial charge is 0.493 e. The molecule has 9 heteroatoms. The van der Waals surface area contributed by atoms with E-state index in [0.717, 1.165) is 81.1 Å². The van der Waals surface area contributed by atoms with Gasteiger partial charge in [-0.25, -0.2) is 4.79 Å². The van der Waals surface area contributed by atoms with Crippen LogP contribution in [0, 0.1) is 11.8 Å². The van der Waals surface area contributed by atoms with E-state index in [1.54, 1.807) is 0 Å². The molecule has 1 spiro atoms. The third-order valence-corrected chi connectivity index (χ3v) is 13.0. The first-order valence-electron chi connectivity index (χ1n) is 19.3. The number of anilines is 1. The van der Waals surface area contributed by atoms with Gasteiger partial charge in [-0.3, -0.25) is 9.88 Å². The van der Waals surface area contributed by atoms with Crippen LogP contribution in [0.15, 0.2) is 48.7 Å². The summed E-state index contributed by atoms with van der Waals surface area (Å²) in [6.07, 6.45) is 12.0. The maximum atomic E-state index is 13.0. The smallest absolute Gasteiger partial charge is 0.329 e. The second-order valence-electron chi connectivity index (χ2n) is 16.2. The second-order valence-corrected chi connectivity index (χ2v) is 16.6. The highest BCUT2D eigenvalue weighted by Crippen LogP contribution is 2.58. The number of likely N-dealkylation sites (tertiary alicyclic amines) is 1. The van der Waals surface area contributed by atoms with E-state index in [4.69, 9.17) is 25.8 Å². The highest BCUT2D eigenvalue weighted by atomic mass is 35.5. The Hall–Kier alpha value is -3.49. The summed E-state index contributed by atoms with van der Waals surface area (Å²) >= 11 is 6.31. The van der Waals surface area contributed by atoms with Crippen LogP contribution in [0.4, 0.5) is 5.69 Å². The number of ether oxygens (including phenoxy) is 3. The first-order chi connectivity index (χ1) is 24.7. The number of aliphatic carboxylic acids is 1. The van der Waals surface area contributed by atoms with Crippen LogP contribution in [0.25, 0.3) is 0 Å². The van der Waals surface area contributed by atoms with Crippen molar-refractivity contribution >= 4 is 23.3 Å². The molecular formula is C42H52ClN3O5. The van der Waals surface area contributed by atoms with Crippen molar-refractivity contribution in [2.75, 3.05) is 38.2 Å². The molecule has 1 aromatic heterocycles. The maximum absolute atomic E-state index is 13.0. The predicted octanol–water partition coefficient (Wildman–Crippen LogP) is 8.44. The Morgan fingerprint density at radius 2 is 1.96 bits per heavy atom. The molecule has 5 aliphatic rings. The van der Waals surface area contributed by atoms with Gasteiger partial charge in [0.15, 0.2) is 11.5 Å². The van der Waals surface area contributed by atoms with E-state index in [9.17, 15) is 9.90 Å². The van der Waals surface area contributed by atoms with Gasteiger partial charge in [0.2, 0.25) is 0 Å². The summed E-state index contributed by atoms with van der Waals surface area (Å²) in [5.41, 5.74) is 4.64. The van der Waals surface area contributed by atoms with Crippen molar-refractivity contribution < 1.29 is 24.1 Å². The van der Waals surface area contributed by atoms with Crippen LogP contribution in [0.1, 0.15) is 99.9 Å². The molecule has 272 valence electrons. The Balaban J connectivity index is 1.06. The van der Waals surface area contributed by atoms with Crippen LogP contribution in [-0.4, -0.2) is 65.5 Å². The Kier molecular flexibility index (Phi) is 9.60. The molecule has 2 N–H and O–H groups in total. The third-order valence-electron chi connectivity index (χ3n) is 12.8. The monoisotopic (exact) mass is 713 g/mol. The first-order valence-corrected chi connectivity index (χ1v) is 19.7. The fraction of sp³-hybridized carbons (Fsp3) is 0.571. The van der Waals surface area contributed by atoms with Gasteiger partial charge < -0.3 is 24.6 Å². The van der Waals surface area contributed by atoms with Crippen molar-refractivity contribution in [3.05, 3.63) is 76.1 Å². The van der Waals surface area contributed by atoms with Gasteiger partial charge in [0.25, 0.3) is 0 Å². The molecule has 1 saturated heterocycles. The highest BCUT2D eigenvalue weighted by molar-refractivity contribution is 6.30. The van der Waals surface area contributed by atoms with E-state index in [1.807, 2.05) is 36.5 Å². The number of aromatic nitrogens is 1. The number of rotatable bonds is 10. The number of hydrogen-bond acceptors (Lipinski definition) is 7. The fourth-order valence-corrected chi connectivity index (χ4v) is 10.0. The molecular weight excluding hydrogens is 662 g/mol. The van der Waals surface area contributed by atoms with E-state index in [1.165, 1.54) is 41.6 Å². The molecule has 2 fully saturated rings. The zero-order chi connectivity index (χ0) is 35.2. The number of carboxylic acids is 1. The van der Waals surface area contributed by atoms with Gasteiger partial charge in [0.1, 0.15) is 17.4 Å². The quantitative estimate of drug-likeness (QED) is 0.216. The average molecular weight is 714 g/mol. The summed E-state index contributed by atoms with van der Waals surface area (Å²) < 4.78 is 19.7. The van der Waals surface area contributed by atoms with Crippen LogP contribution in [-0.2, 0) is 23.1 Å². The van der Waals surface area contributed by atoms with Crippen molar-refractivity contribution in [3.8, 4) is 17.2 Å². The van der Waals surface area contributed by atoms with E-state index >= 15 is 0 Å². The Morgan fingerprint density at radius 3 is 2.73 bits per heavy atom. The van der Waals surface area contributed by atoms with E-state index < -0.39 is 11.5 Å². The lowest BCUT2D eigenvalue weighted by Gasteiger charge is -2.47. The summed E-state index contributed by atoms with van der Waals surface area (Å²) in [6, 6.07) is 14.0. The van der Waals surface area contributed by atoms with Crippen LogP contribution >= 0.6 is 11.6 Å². The topological polar surface area (TPSA) is 93.2 Å². The number of hydrogen-bond donors (Lipinski definition) is 2. The average Bonchev–Trinajstić information content (AvgIpc) is 3.22. The number of fused-ring (bicyclic) bond motifs is 4. The van der Waals surface area contributed by atoms with Gasteiger partial charge in [-0.1, -0.05) is 31.5 Å². The first kappa shape index (κ1) is 34.6. The van der Waals surface area contributed by atoms with Gasteiger partial charge >= 0.3 is 5.97 Å². The van der Waals surface area contributed by atoms with Crippen molar-refractivity contribution in [2.45, 2.75) is 107 Å². The minimum atomic E-state index is -1.07. The number of nitrogens with one attached hydrogen (secondary N) is 1. The molecule has 3 aromatic rings. The highest BCUT2D eigenvalue weighted by Gasteiger charge is 2.54. The summed E-state index contributed by atoms with van der Waals surface area (Å²) in [4.78, 5) is 20.2. The molecule has 8 nitrogen and oxygen atoms in total. The number of pyridine rings is 1. The molecule has 8 rings (SSSR count). The minimum Gasteiger partial charge on any atom is -0.493 e. The number of carbonyl (C=O) groups is 1. The normalized spacial score (nSPS) is 29.0. The molecule has 0 amide bonds. The molecule has 2 aliphatic heterocycles. The fourth-order valence-electron chi connectivity index (χ4n) is 9.84. The number of aryl methyl sites for hydroxylation is 1. The number of halogens is 1. The standard InChI is InChI=1S/C42H52ClN3O5/c1-27(26-50-36-10-16-44-35-9-3-6-28(2)39(35)36)20-30-21-29-22-37-38(51-33(11-19-49-37)25-46-17-5-18-46)24-34(29)41(30)12-14-42(15-13-41,40(47)48)45-32-8-4-7-31(43)23-32/h4,7-8,10,16,22-24,27-28,30,33,45H,3,5-6,9,11-15,17-21,25-26H2,1-2H3,(H,47,48)/t27-,28-,30?,33?,41?,42?/m1/s1. The summed E-state index contributed by atoms with van der Waals surface area (Å²) in [5.74, 6) is 2.99. The zero-order valence-electron chi connectivity index (χ0n) is 30.1. The van der Waals surface area contributed by atoms with Gasteiger partial charge in [-0.2, -0.15) is 0 Å². The van der Waals surface area contributed by atoms with Gasteiger partial charge in [-0.15, -0.1) is 0 Å². The molecule has 0 bridgehead atoms. The summed E-state index contributed by atoms with van der Waals surface area (Å²) in [6.45, 7) is 9.10. The summed E-state index contributed by atoms with van der Waals surface area (Å²) in [5, 5.41) is 14.7. The lowest BCUT2D eigenvalue weighted by atomic mass is 9.59. The SMILES string of the molecule is C[C@@H](COc1ccnc2c1[C@H](C)CCC2)CC1Cc2cc3c(cc2C12CCC(Nc1cccc(Cl)c1)(C(=O)O)CC2)OC(CN1CCC1)CCO3. The second kappa shape index (κ2) is 14.1. The molecule has 51 heavy (non-hydrogen) atoms. The van der Waals surface area contributed by atoms with Crippen LogP contribution < -0.4 is 19.5 Å². The van der Waals surface area contributed by atoms with Gasteiger partial charge in [-0.05, 0) is 148 Å². The van der Waals surface area contributed by atoms with Gasteiger partial charge in [0.05, 0.1) is 13.2 Å². The van der Waals surface area contributed by atoms with Crippen LogP contribution in [0.2, 0.25) is 5.02 Å². The zero-order valence-corrected chi connectivity index (χ0v) is 30.9. The van der Waals surface area contributed by atoms with Crippen LogP contribution in [0.5, 0.6) is 17.2 Å². The molecule has 3 aliphatic carbocycles. The minimum absolute atomic E-state index is 0.101. The number of benzene rings is 2.